The summed E-state index contributed by atoms with van der Waals surface area (Å²) in [6.45, 7) is 7.37. The number of rotatable bonds is 8. The molecular weight excluding hydrogens is 164 g/mol. The van der Waals surface area contributed by atoms with Gasteiger partial charge in [-0.05, 0) is 32.9 Å². The van der Waals surface area contributed by atoms with E-state index in [1.54, 1.807) is 7.11 Å². The number of ether oxygens (including phenoxy) is 1. The highest BCUT2D eigenvalue weighted by Crippen LogP contribution is 2.00. The fourth-order valence-electron chi connectivity index (χ4n) is 1.32. The molecule has 13 heavy (non-hydrogen) atoms. The van der Waals surface area contributed by atoms with Gasteiger partial charge in [0.15, 0.2) is 0 Å². The van der Waals surface area contributed by atoms with Crippen molar-refractivity contribution in [1.29, 1.82) is 0 Å². The second kappa shape index (κ2) is 8.48. The van der Waals surface area contributed by atoms with E-state index in [-0.39, 0.29) is 0 Å². The van der Waals surface area contributed by atoms with Crippen LogP contribution in [0.25, 0.3) is 0 Å². The first-order valence-electron chi connectivity index (χ1n) is 5.07. The third-order valence-electron chi connectivity index (χ3n) is 2.09. The van der Waals surface area contributed by atoms with Crippen LogP contribution >= 0.6 is 0 Å². The van der Waals surface area contributed by atoms with E-state index >= 15 is 0 Å². The first-order valence-corrected chi connectivity index (χ1v) is 5.07. The van der Waals surface area contributed by atoms with E-state index in [4.69, 9.17) is 4.74 Å². The van der Waals surface area contributed by atoms with Crippen molar-refractivity contribution >= 4 is 0 Å². The summed E-state index contributed by atoms with van der Waals surface area (Å²) in [4.78, 5) is 0. The Hall–Kier alpha value is -0.120. The van der Waals surface area contributed by atoms with Gasteiger partial charge in [0.2, 0.25) is 0 Å². The quantitative estimate of drug-likeness (QED) is 0.592. The van der Waals surface area contributed by atoms with Gasteiger partial charge < -0.3 is 15.4 Å². The average Bonchev–Trinajstić information content (AvgIpc) is 2.05. The van der Waals surface area contributed by atoms with Crippen molar-refractivity contribution in [3.8, 4) is 0 Å². The largest absolute Gasteiger partial charge is 0.384 e. The van der Waals surface area contributed by atoms with Gasteiger partial charge in [0, 0.05) is 26.3 Å². The maximum Gasteiger partial charge on any atom is 0.0488 e. The lowest BCUT2D eigenvalue weighted by Gasteiger charge is -2.15. The molecule has 2 atom stereocenters. The normalized spacial score (nSPS) is 15.7. The molecule has 3 nitrogen and oxygen atoms in total. The van der Waals surface area contributed by atoms with Crippen LogP contribution in [-0.2, 0) is 4.74 Å². The van der Waals surface area contributed by atoms with Crippen LogP contribution in [0.1, 0.15) is 20.3 Å². The molecule has 0 rings (SSSR count). The van der Waals surface area contributed by atoms with Gasteiger partial charge in [0.05, 0.1) is 0 Å². The molecule has 2 N–H and O–H groups in total. The first-order chi connectivity index (χ1) is 6.20. The van der Waals surface area contributed by atoms with Crippen LogP contribution in [0.4, 0.5) is 0 Å². The Balaban J connectivity index is 3.23. The van der Waals surface area contributed by atoms with Crippen molar-refractivity contribution in [1.82, 2.24) is 10.6 Å². The van der Waals surface area contributed by atoms with Crippen molar-refractivity contribution in [3.05, 3.63) is 0 Å². The molecule has 80 valence electrons. The Morgan fingerprint density at radius 1 is 1.31 bits per heavy atom. The van der Waals surface area contributed by atoms with Gasteiger partial charge in [0.25, 0.3) is 0 Å². The van der Waals surface area contributed by atoms with E-state index < -0.39 is 0 Å². The predicted octanol–water partition coefficient (Wildman–Crippen LogP) is 0.856. The van der Waals surface area contributed by atoms with Gasteiger partial charge >= 0.3 is 0 Å². The summed E-state index contributed by atoms with van der Waals surface area (Å²) >= 11 is 0. The zero-order valence-corrected chi connectivity index (χ0v) is 9.39. The highest BCUT2D eigenvalue weighted by molar-refractivity contribution is 4.63. The van der Waals surface area contributed by atoms with E-state index in [1.165, 1.54) is 6.42 Å². The van der Waals surface area contributed by atoms with Gasteiger partial charge in [0.1, 0.15) is 0 Å². The van der Waals surface area contributed by atoms with Crippen molar-refractivity contribution < 1.29 is 4.74 Å². The lowest BCUT2D eigenvalue weighted by Crippen LogP contribution is -2.36. The van der Waals surface area contributed by atoms with E-state index in [9.17, 15) is 0 Å². The molecule has 0 heterocycles. The molecule has 0 aliphatic rings. The maximum absolute atomic E-state index is 5.07. The maximum atomic E-state index is 5.07. The van der Waals surface area contributed by atoms with Gasteiger partial charge in [-0.25, -0.2) is 0 Å². The minimum Gasteiger partial charge on any atom is -0.384 e. The summed E-state index contributed by atoms with van der Waals surface area (Å²) in [6.07, 6.45) is 1.18. The molecule has 0 radical (unpaired) electrons. The molecule has 0 aromatic carbocycles. The molecule has 0 aromatic rings. The SMILES string of the molecule is CNCC(C)NCCC(C)COC. The average molecular weight is 188 g/mol. The third kappa shape index (κ3) is 8.22. The van der Waals surface area contributed by atoms with Gasteiger partial charge in [-0.3, -0.25) is 0 Å². The third-order valence-corrected chi connectivity index (χ3v) is 2.09. The summed E-state index contributed by atoms with van der Waals surface area (Å²) in [7, 11) is 3.74. The van der Waals surface area contributed by atoms with Gasteiger partial charge in [-0.1, -0.05) is 6.92 Å². The minimum atomic E-state index is 0.555. The van der Waals surface area contributed by atoms with Crippen LogP contribution in [0.3, 0.4) is 0 Å². The molecule has 2 unspecified atom stereocenters. The summed E-state index contributed by atoms with van der Waals surface area (Å²) in [6, 6.07) is 0.555. The summed E-state index contributed by atoms with van der Waals surface area (Å²) in [5, 5.41) is 6.60. The fraction of sp³-hybridized carbons (Fsp3) is 1.00. The fourth-order valence-corrected chi connectivity index (χ4v) is 1.32. The zero-order valence-electron chi connectivity index (χ0n) is 9.39. The molecule has 0 bridgehead atoms. The Bertz CT molecular complexity index is 97.1. The molecule has 0 amide bonds. The minimum absolute atomic E-state index is 0.555. The van der Waals surface area contributed by atoms with Crippen molar-refractivity contribution in [3.63, 3.8) is 0 Å². The molecule has 0 aliphatic heterocycles. The van der Waals surface area contributed by atoms with Crippen LogP contribution < -0.4 is 10.6 Å². The Labute approximate surface area is 82.2 Å². The lowest BCUT2D eigenvalue weighted by molar-refractivity contribution is 0.155. The molecule has 0 saturated heterocycles. The van der Waals surface area contributed by atoms with Crippen molar-refractivity contribution in [2.45, 2.75) is 26.3 Å². The van der Waals surface area contributed by atoms with E-state index in [2.05, 4.69) is 24.5 Å². The number of methoxy groups -OCH3 is 1. The van der Waals surface area contributed by atoms with Crippen LogP contribution in [0, 0.1) is 5.92 Å². The molecule has 0 saturated carbocycles. The number of likely N-dealkylation sites (N-methyl/N-ethyl adjacent to an activating group) is 1. The summed E-state index contributed by atoms with van der Waals surface area (Å²) in [5.41, 5.74) is 0. The first kappa shape index (κ1) is 12.9. The Kier molecular flexibility index (Phi) is 8.40. The monoisotopic (exact) mass is 188 g/mol. The van der Waals surface area contributed by atoms with E-state index in [1.807, 2.05) is 7.05 Å². The molecule has 0 aromatic heterocycles. The molecule has 0 spiro atoms. The predicted molar refractivity (Wildman–Crippen MR) is 57.0 cm³/mol. The van der Waals surface area contributed by atoms with E-state index in [0.717, 1.165) is 19.7 Å². The number of hydrogen-bond donors (Lipinski definition) is 2. The lowest BCUT2D eigenvalue weighted by atomic mass is 10.1. The summed E-state index contributed by atoms with van der Waals surface area (Å²) < 4.78 is 5.07. The molecule has 0 aliphatic carbocycles. The van der Waals surface area contributed by atoms with Crippen LogP contribution in [0.5, 0.6) is 0 Å². The van der Waals surface area contributed by atoms with Crippen LogP contribution in [0.15, 0.2) is 0 Å². The molecular formula is C10H24N2O. The molecule has 0 fully saturated rings. The van der Waals surface area contributed by atoms with Gasteiger partial charge in [-0.15, -0.1) is 0 Å². The Morgan fingerprint density at radius 3 is 2.54 bits per heavy atom. The van der Waals surface area contributed by atoms with Crippen LogP contribution in [0.2, 0.25) is 0 Å². The number of hydrogen-bond acceptors (Lipinski definition) is 3. The molecule has 3 heteroatoms. The van der Waals surface area contributed by atoms with Crippen LogP contribution in [-0.4, -0.2) is 39.9 Å². The zero-order chi connectivity index (χ0) is 10.1. The second-order valence-corrected chi connectivity index (χ2v) is 3.76. The highest BCUT2D eigenvalue weighted by Gasteiger charge is 2.02. The summed E-state index contributed by atoms with van der Waals surface area (Å²) in [5.74, 6) is 0.652. The standard InChI is InChI=1S/C10H24N2O/c1-9(8-13-4)5-6-12-10(2)7-11-3/h9-12H,5-8H2,1-4H3. The smallest absolute Gasteiger partial charge is 0.0488 e. The second-order valence-electron chi connectivity index (χ2n) is 3.76. The van der Waals surface area contributed by atoms with Crippen molar-refractivity contribution in [2.75, 3.05) is 33.9 Å². The van der Waals surface area contributed by atoms with Crippen molar-refractivity contribution in [2.24, 2.45) is 5.92 Å². The van der Waals surface area contributed by atoms with E-state index in [0.29, 0.717) is 12.0 Å². The topological polar surface area (TPSA) is 33.3 Å². The van der Waals surface area contributed by atoms with Gasteiger partial charge in [-0.2, -0.15) is 0 Å². The highest BCUT2D eigenvalue weighted by atomic mass is 16.5. The Morgan fingerprint density at radius 2 is 2.00 bits per heavy atom. The number of nitrogens with one attached hydrogen (secondary N) is 2.